The maximum atomic E-state index is 7.29. The van der Waals surface area contributed by atoms with Crippen LogP contribution in [0.25, 0.3) is 11.5 Å². The summed E-state index contributed by atoms with van der Waals surface area (Å²) in [6, 6.07) is 3.39. The van der Waals surface area contributed by atoms with Gasteiger partial charge in [0.25, 0.3) is 5.89 Å². The molecule has 12 heavy (non-hydrogen) atoms. The SMILES string of the molecule is N=c1cc(-c2ncno2)cc[nH]1. The smallest absolute Gasteiger partial charge is 0.257 e. The van der Waals surface area contributed by atoms with Crippen molar-refractivity contribution in [2.45, 2.75) is 0 Å². The summed E-state index contributed by atoms with van der Waals surface area (Å²) in [5.74, 6) is 0.428. The average molecular weight is 162 g/mol. The molecule has 2 aromatic heterocycles. The van der Waals surface area contributed by atoms with E-state index in [1.807, 2.05) is 0 Å². The Morgan fingerprint density at radius 2 is 2.42 bits per heavy atom. The normalized spacial score (nSPS) is 10.0. The van der Waals surface area contributed by atoms with Crippen molar-refractivity contribution in [3.8, 4) is 11.5 Å². The first-order valence-corrected chi connectivity index (χ1v) is 3.36. The number of pyridine rings is 1. The highest BCUT2D eigenvalue weighted by Crippen LogP contribution is 2.11. The van der Waals surface area contributed by atoms with Crippen LogP contribution in [0.3, 0.4) is 0 Å². The van der Waals surface area contributed by atoms with Crippen molar-refractivity contribution < 1.29 is 4.52 Å². The summed E-state index contributed by atoms with van der Waals surface area (Å²) < 4.78 is 4.82. The topological polar surface area (TPSA) is 78.6 Å². The van der Waals surface area contributed by atoms with Gasteiger partial charge in [-0.05, 0) is 12.1 Å². The highest BCUT2D eigenvalue weighted by molar-refractivity contribution is 5.50. The standard InChI is InChI=1S/C7H6N4O/c8-6-3-5(1-2-9-6)7-10-4-11-12-7/h1-4H,(H2,8,9). The highest BCUT2D eigenvalue weighted by Gasteiger charge is 2.01. The molecule has 0 saturated carbocycles. The van der Waals surface area contributed by atoms with Gasteiger partial charge in [-0.3, -0.25) is 5.41 Å². The van der Waals surface area contributed by atoms with E-state index in [4.69, 9.17) is 9.93 Å². The zero-order valence-electron chi connectivity index (χ0n) is 6.11. The van der Waals surface area contributed by atoms with Crippen LogP contribution in [0.2, 0.25) is 0 Å². The number of aromatic amines is 1. The molecular weight excluding hydrogens is 156 g/mol. The predicted molar refractivity (Wildman–Crippen MR) is 39.9 cm³/mol. The number of rotatable bonds is 1. The van der Waals surface area contributed by atoms with E-state index in [0.717, 1.165) is 5.56 Å². The fourth-order valence-electron chi connectivity index (χ4n) is 0.900. The molecule has 0 spiro atoms. The van der Waals surface area contributed by atoms with Gasteiger partial charge >= 0.3 is 0 Å². The minimum Gasteiger partial charge on any atom is -0.347 e. The van der Waals surface area contributed by atoms with Gasteiger partial charge < -0.3 is 9.51 Å². The van der Waals surface area contributed by atoms with Gasteiger partial charge in [-0.2, -0.15) is 4.98 Å². The zero-order valence-corrected chi connectivity index (χ0v) is 6.11. The molecule has 60 valence electrons. The second kappa shape index (κ2) is 2.61. The molecule has 0 bridgehead atoms. The van der Waals surface area contributed by atoms with Gasteiger partial charge in [0.15, 0.2) is 6.33 Å². The molecule has 2 heterocycles. The molecule has 0 amide bonds. The van der Waals surface area contributed by atoms with E-state index in [9.17, 15) is 0 Å². The molecule has 0 aliphatic heterocycles. The number of hydrogen-bond acceptors (Lipinski definition) is 4. The Kier molecular flexibility index (Phi) is 1.48. The Hall–Kier alpha value is -1.91. The lowest BCUT2D eigenvalue weighted by Gasteiger charge is -1.91. The lowest BCUT2D eigenvalue weighted by atomic mass is 10.3. The second-order valence-corrected chi connectivity index (χ2v) is 2.24. The molecule has 2 N–H and O–H groups in total. The largest absolute Gasteiger partial charge is 0.347 e. The number of nitrogens with zero attached hydrogens (tertiary/aromatic N) is 2. The van der Waals surface area contributed by atoms with Crippen LogP contribution in [0, 0.1) is 5.41 Å². The van der Waals surface area contributed by atoms with Crippen LogP contribution >= 0.6 is 0 Å². The molecule has 0 aromatic carbocycles. The molecule has 0 radical (unpaired) electrons. The van der Waals surface area contributed by atoms with Crippen LogP contribution in [0.1, 0.15) is 0 Å². The summed E-state index contributed by atoms with van der Waals surface area (Å²) in [4.78, 5) is 6.56. The van der Waals surface area contributed by atoms with E-state index in [2.05, 4.69) is 15.1 Å². The summed E-state index contributed by atoms with van der Waals surface area (Å²) >= 11 is 0. The van der Waals surface area contributed by atoms with Gasteiger partial charge in [0, 0.05) is 11.8 Å². The van der Waals surface area contributed by atoms with Crippen molar-refractivity contribution in [2.24, 2.45) is 0 Å². The van der Waals surface area contributed by atoms with Crippen LogP contribution in [0.15, 0.2) is 29.2 Å². The van der Waals surface area contributed by atoms with Crippen LogP contribution in [-0.4, -0.2) is 15.1 Å². The summed E-state index contributed by atoms with van der Waals surface area (Å²) in [6.45, 7) is 0. The summed E-state index contributed by atoms with van der Waals surface area (Å²) in [5.41, 5.74) is 1.06. The number of aromatic nitrogens is 3. The Morgan fingerprint density at radius 3 is 3.08 bits per heavy atom. The number of nitrogens with one attached hydrogen (secondary N) is 2. The number of H-pyrrole nitrogens is 1. The molecule has 2 aromatic rings. The Bertz CT molecular complexity index is 417. The lowest BCUT2D eigenvalue weighted by molar-refractivity contribution is 0.430. The molecular formula is C7H6N4O. The lowest BCUT2D eigenvalue weighted by Crippen LogP contribution is -2.02. The monoisotopic (exact) mass is 162 g/mol. The van der Waals surface area contributed by atoms with E-state index in [-0.39, 0.29) is 0 Å². The summed E-state index contributed by atoms with van der Waals surface area (Å²) in [7, 11) is 0. The molecule has 0 aliphatic rings. The van der Waals surface area contributed by atoms with Crippen molar-refractivity contribution >= 4 is 0 Å². The van der Waals surface area contributed by atoms with E-state index in [0.29, 0.717) is 11.4 Å². The van der Waals surface area contributed by atoms with E-state index >= 15 is 0 Å². The Balaban J connectivity index is 2.55. The Labute approximate surface area is 67.6 Å². The third kappa shape index (κ3) is 1.12. The van der Waals surface area contributed by atoms with Crippen molar-refractivity contribution in [1.29, 1.82) is 5.41 Å². The fraction of sp³-hybridized carbons (Fsp3) is 0. The molecule has 0 aliphatic carbocycles. The van der Waals surface area contributed by atoms with Crippen LogP contribution in [-0.2, 0) is 0 Å². The average Bonchev–Trinajstić information content (AvgIpc) is 2.56. The van der Waals surface area contributed by atoms with Crippen LogP contribution in [0.5, 0.6) is 0 Å². The summed E-state index contributed by atoms with van der Waals surface area (Å²) in [6.07, 6.45) is 2.98. The highest BCUT2D eigenvalue weighted by atomic mass is 16.5. The molecule has 0 atom stereocenters. The van der Waals surface area contributed by atoms with Crippen molar-refractivity contribution in [2.75, 3.05) is 0 Å². The second-order valence-electron chi connectivity index (χ2n) is 2.24. The zero-order chi connectivity index (χ0) is 8.39. The van der Waals surface area contributed by atoms with E-state index in [1.165, 1.54) is 6.33 Å². The molecule has 5 heteroatoms. The van der Waals surface area contributed by atoms with Gasteiger partial charge in [-0.25, -0.2) is 0 Å². The maximum absolute atomic E-state index is 7.29. The van der Waals surface area contributed by atoms with Gasteiger partial charge in [-0.1, -0.05) is 5.16 Å². The first-order valence-electron chi connectivity index (χ1n) is 3.36. The molecule has 2 rings (SSSR count). The minimum atomic E-state index is 0.311. The van der Waals surface area contributed by atoms with Gasteiger partial charge in [0.05, 0.1) is 0 Å². The van der Waals surface area contributed by atoms with Crippen molar-refractivity contribution in [3.63, 3.8) is 0 Å². The third-order valence-corrected chi connectivity index (χ3v) is 1.41. The number of hydrogen-bond donors (Lipinski definition) is 2. The maximum Gasteiger partial charge on any atom is 0.257 e. The van der Waals surface area contributed by atoms with Crippen molar-refractivity contribution in [3.05, 3.63) is 30.1 Å². The molecule has 0 fully saturated rings. The third-order valence-electron chi connectivity index (χ3n) is 1.41. The van der Waals surface area contributed by atoms with Gasteiger partial charge in [0.1, 0.15) is 5.49 Å². The summed E-state index contributed by atoms with van der Waals surface area (Å²) in [5, 5.41) is 10.8. The van der Waals surface area contributed by atoms with Crippen LogP contribution in [0.4, 0.5) is 0 Å². The van der Waals surface area contributed by atoms with Gasteiger partial charge in [-0.15, -0.1) is 0 Å². The quantitative estimate of drug-likeness (QED) is 0.642. The van der Waals surface area contributed by atoms with Gasteiger partial charge in [0.2, 0.25) is 0 Å². The Morgan fingerprint density at radius 1 is 1.50 bits per heavy atom. The van der Waals surface area contributed by atoms with E-state index in [1.54, 1.807) is 18.3 Å². The fourth-order valence-corrected chi connectivity index (χ4v) is 0.900. The molecule has 0 saturated heterocycles. The predicted octanol–water partition coefficient (Wildman–Crippen LogP) is 0.544. The van der Waals surface area contributed by atoms with Crippen LogP contribution < -0.4 is 5.49 Å². The first kappa shape index (κ1) is 6.78. The van der Waals surface area contributed by atoms with Crippen molar-refractivity contribution in [1.82, 2.24) is 15.1 Å². The first-order chi connectivity index (χ1) is 5.86. The minimum absolute atomic E-state index is 0.311. The molecule has 5 nitrogen and oxygen atoms in total. The van der Waals surface area contributed by atoms with E-state index < -0.39 is 0 Å². The molecule has 0 unspecified atom stereocenters.